The van der Waals surface area contributed by atoms with E-state index in [1.54, 1.807) is 10.7 Å². The number of aryl methyl sites for hydroxylation is 3. The van der Waals surface area contributed by atoms with Gasteiger partial charge in [-0.1, -0.05) is 5.16 Å². The summed E-state index contributed by atoms with van der Waals surface area (Å²) in [6.07, 6.45) is 6.42. The van der Waals surface area contributed by atoms with Gasteiger partial charge in [-0.25, -0.2) is 9.50 Å². The Morgan fingerprint density at radius 2 is 2.07 bits per heavy atom. The first-order valence-electron chi connectivity index (χ1n) is 10.1. The summed E-state index contributed by atoms with van der Waals surface area (Å²) < 4.78 is 9.17. The van der Waals surface area contributed by atoms with Crippen LogP contribution in [0.5, 0.6) is 0 Å². The molecule has 0 N–H and O–H groups in total. The van der Waals surface area contributed by atoms with Crippen LogP contribution in [0.25, 0.3) is 17.0 Å². The molecule has 9 nitrogen and oxygen atoms in total. The lowest BCUT2D eigenvalue weighted by molar-refractivity contribution is 0.0632. The molecule has 2 unspecified atom stereocenters. The average molecular weight is 403 g/mol. The van der Waals surface area contributed by atoms with Gasteiger partial charge in [0.05, 0.1) is 28.7 Å². The summed E-state index contributed by atoms with van der Waals surface area (Å²) in [5, 5.41) is 13.0. The normalized spacial score (nSPS) is 20.2. The predicted octanol–water partition coefficient (Wildman–Crippen LogP) is 2.64. The van der Waals surface area contributed by atoms with E-state index in [1.165, 1.54) is 0 Å². The van der Waals surface area contributed by atoms with Crippen LogP contribution >= 0.6 is 0 Å². The third-order valence-corrected chi connectivity index (χ3v) is 6.27. The van der Waals surface area contributed by atoms with Gasteiger partial charge in [0.2, 0.25) is 0 Å². The number of carbonyl (C=O) groups is 1. The highest BCUT2D eigenvalue weighted by Crippen LogP contribution is 2.44. The van der Waals surface area contributed by atoms with E-state index < -0.39 is 0 Å². The van der Waals surface area contributed by atoms with Crippen LogP contribution in [0, 0.1) is 13.8 Å². The van der Waals surface area contributed by atoms with Crippen LogP contribution in [0.15, 0.2) is 29.0 Å². The van der Waals surface area contributed by atoms with E-state index in [4.69, 9.17) is 4.52 Å². The van der Waals surface area contributed by atoms with E-state index in [-0.39, 0.29) is 18.0 Å². The van der Waals surface area contributed by atoms with Crippen molar-refractivity contribution >= 4 is 11.6 Å². The van der Waals surface area contributed by atoms with Crippen LogP contribution in [-0.2, 0) is 13.5 Å². The summed E-state index contributed by atoms with van der Waals surface area (Å²) in [6, 6.07) is 3.83. The first-order valence-corrected chi connectivity index (χ1v) is 10.1. The van der Waals surface area contributed by atoms with Gasteiger partial charge in [0.25, 0.3) is 5.91 Å². The van der Waals surface area contributed by atoms with Crippen LogP contribution in [0.2, 0.25) is 0 Å². The van der Waals surface area contributed by atoms with Gasteiger partial charge in [-0.15, -0.1) is 0 Å². The van der Waals surface area contributed by atoms with Crippen LogP contribution in [0.3, 0.4) is 0 Å². The maximum Gasteiger partial charge on any atom is 0.276 e. The molecule has 2 bridgehead atoms. The molecule has 9 heteroatoms. The van der Waals surface area contributed by atoms with Crippen molar-refractivity contribution in [3.63, 3.8) is 0 Å². The van der Waals surface area contributed by atoms with E-state index in [2.05, 4.69) is 20.3 Å². The monoisotopic (exact) mass is 403 g/mol. The van der Waals surface area contributed by atoms with Gasteiger partial charge in [-0.05, 0) is 26.7 Å². The zero-order valence-corrected chi connectivity index (χ0v) is 17.0. The SMILES string of the molecule is Cc1cc2ncc3c(n2n1)CC1CCC3N1C(=O)c1cc(-c2cn(C)nc2C)on1. The fourth-order valence-electron chi connectivity index (χ4n) is 4.99. The summed E-state index contributed by atoms with van der Waals surface area (Å²) >= 11 is 0. The summed E-state index contributed by atoms with van der Waals surface area (Å²) in [4.78, 5) is 19.9. The Morgan fingerprint density at radius 3 is 2.87 bits per heavy atom. The molecule has 0 saturated carbocycles. The van der Waals surface area contributed by atoms with Crippen LogP contribution in [0.4, 0.5) is 0 Å². The number of rotatable bonds is 2. The molecule has 152 valence electrons. The molecule has 1 fully saturated rings. The molecule has 0 spiro atoms. The molecule has 2 aliphatic heterocycles. The molecular formula is C21H21N7O2. The number of aromatic nitrogens is 6. The van der Waals surface area contributed by atoms with Gasteiger partial charge < -0.3 is 9.42 Å². The lowest BCUT2D eigenvalue weighted by Gasteiger charge is -2.35. The van der Waals surface area contributed by atoms with Gasteiger partial charge >= 0.3 is 0 Å². The third kappa shape index (κ3) is 2.38. The fourth-order valence-corrected chi connectivity index (χ4v) is 4.99. The Labute approximate surface area is 172 Å². The van der Waals surface area contributed by atoms with Gasteiger partial charge in [0.1, 0.15) is 0 Å². The minimum atomic E-state index is -0.0959. The first kappa shape index (κ1) is 17.4. The number of nitrogens with zero attached hydrogens (tertiary/aromatic N) is 7. The number of fused-ring (bicyclic) bond motifs is 6. The second kappa shape index (κ2) is 6.01. The molecular weight excluding hydrogens is 382 g/mol. The van der Waals surface area contributed by atoms with E-state index in [0.29, 0.717) is 11.5 Å². The van der Waals surface area contributed by atoms with Crippen LogP contribution in [-0.4, -0.2) is 46.4 Å². The topological polar surface area (TPSA) is 94.3 Å². The second-order valence-corrected chi connectivity index (χ2v) is 8.26. The summed E-state index contributed by atoms with van der Waals surface area (Å²) in [6.45, 7) is 3.88. The molecule has 1 amide bonds. The molecule has 0 radical (unpaired) electrons. The highest BCUT2D eigenvalue weighted by molar-refractivity contribution is 5.94. The van der Waals surface area contributed by atoms with Gasteiger partial charge in [-0.3, -0.25) is 9.48 Å². The summed E-state index contributed by atoms with van der Waals surface area (Å²) in [5.41, 5.74) is 6.07. The molecule has 6 heterocycles. The fraction of sp³-hybridized carbons (Fsp3) is 0.381. The van der Waals surface area contributed by atoms with Crippen LogP contribution < -0.4 is 0 Å². The van der Waals surface area contributed by atoms with Gasteiger partial charge in [-0.2, -0.15) is 10.2 Å². The molecule has 30 heavy (non-hydrogen) atoms. The van der Waals surface area contributed by atoms with Gasteiger partial charge in [0.15, 0.2) is 17.1 Å². The number of carbonyl (C=O) groups excluding carboxylic acids is 1. The number of amides is 1. The maximum absolute atomic E-state index is 13.4. The molecule has 2 atom stereocenters. The Bertz CT molecular complexity index is 1310. The molecule has 0 aromatic carbocycles. The molecule has 4 aromatic rings. The lowest BCUT2D eigenvalue weighted by Crippen LogP contribution is -2.42. The maximum atomic E-state index is 13.4. The van der Waals surface area contributed by atoms with Gasteiger partial charge in [0, 0.05) is 49.6 Å². The van der Waals surface area contributed by atoms with Crippen LogP contribution in [0.1, 0.15) is 52.0 Å². The zero-order valence-electron chi connectivity index (χ0n) is 17.0. The molecule has 2 aliphatic rings. The predicted molar refractivity (Wildman–Crippen MR) is 107 cm³/mol. The summed E-state index contributed by atoms with van der Waals surface area (Å²) in [7, 11) is 1.86. The third-order valence-electron chi connectivity index (χ3n) is 6.27. The molecule has 4 aromatic heterocycles. The van der Waals surface area contributed by atoms with Crippen molar-refractivity contribution in [3.05, 3.63) is 52.9 Å². The van der Waals surface area contributed by atoms with Crippen molar-refractivity contribution in [2.45, 2.75) is 45.2 Å². The van der Waals surface area contributed by atoms with E-state index >= 15 is 0 Å². The minimum absolute atomic E-state index is 0.00654. The number of hydrogen-bond donors (Lipinski definition) is 0. The Balaban J connectivity index is 1.36. The minimum Gasteiger partial charge on any atom is -0.355 e. The van der Waals surface area contributed by atoms with Crippen molar-refractivity contribution < 1.29 is 9.32 Å². The second-order valence-electron chi connectivity index (χ2n) is 8.26. The Hall–Kier alpha value is -3.49. The largest absolute Gasteiger partial charge is 0.355 e. The van der Waals surface area contributed by atoms with Crippen molar-refractivity contribution in [1.82, 2.24) is 34.4 Å². The molecule has 0 aliphatic carbocycles. The van der Waals surface area contributed by atoms with Crippen molar-refractivity contribution in [2.75, 3.05) is 0 Å². The van der Waals surface area contributed by atoms with Crippen molar-refractivity contribution in [2.24, 2.45) is 7.05 Å². The standard InChI is InChI=1S/C21H21N7O2/c1-11-6-20-22-9-14-17-5-4-13(7-18(14)28(20)23-11)27(17)21(29)16-8-19(30-25-16)15-10-26(3)24-12(15)2/h6,8-10,13,17H,4-5,7H2,1-3H3. The van der Waals surface area contributed by atoms with Crippen molar-refractivity contribution in [3.8, 4) is 11.3 Å². The Kier molecular flexibility index (Phi) is 3.48. The number of hydrogen-bond acceptors (Lipinski definition) is 6. The van der Waals surface area contributed by atoms with E-state index in [0.717, 1.165) is 53.1 Å². The quantitative estimate of drug-likeness (QED) is 0.511. The smallest absolute Gasteiger partial charge is 0.276 e. The highest BCUT2D eigenvalue weighted by Gasteiger charge is 2.44. The highest BCUT2D eigenvalue weighted by atomic mass is 16.5. The Morgan fingerprint density at radius 1 is 1.20 bits per heavy atom. The zero-order chi connectivity index (χ0) is 20.6. The van der Waals surface area contributed by atoms with E-state index in [1.807, 2.05) is 48.8 Å². The van der Waals surface area contributed by atoms with Crippen molar-refractivity contribution in [1.29, 1.82) is 0 Å². The molecule has 6 rings (SSSR count). The first-order chi connectivity index (χ1) is 14.5. The summed E-state index contributed by atoms with van der Waals surface area (Å²) in [5.74, 6) is 0.463. The molecule has 1 saturated heterocycles. The lowest BCUT2D eigenvalue weighted by atomic mass is 9.98. The average Bonchev–Trinajstić information content (AvgIpc) is 3.46. The van der Waals surface area contributed by atoms with E-state index in [9.17, 15) is 4.79 Å².